The topological polar surface area (TPSA) is 94.3 Å². The van der Waals surface area contributed by atoms with Gasteiger partial charge in [-0.3, -0.25) is 9.78 Å². The van der Waals surface area contributed by atoms with E-state index in [0.717, 1.165) is 22.3 Å². The first kappa shape index (κ1) is 22.3. The second-order valence-corrected chi connectivity index (χ2v) is 7.12. The number of thiol groups is 1. The van der Waals surface area contributed by atoms with E-state index in [1.807, 2.05) is 36.4 Å². The van der Waals surface area contributed by atoms with Crippen LogP contribution in [0.2, 0.25) is 0 Å². The highest BCUT2D eigenvalue weighted by Gasteiger charge is 2.12. The number of benzene rings is 2. The molecule has 1 aromatic heterocycles. The molecule has 0 aliphatic heterocycles. The number of anilines is 1. The van der Waals surface area contributed by atoms with Gasteiger partial charge < -0.3 is 15.8 Å². The van der Waals surface area contributed by atoms with Crippen molar-refractivity contribution in [3.63, 3.8) is 0 Å². The molecule has 158 valence electrons. The Hall–Kier alpha value is -3.42. The summed E-state index contributed by atoms with van der Waals surface area (Å²) in [4.78, 5) is 28.7. The van der Waals surface area contributed by atoms with Gasteiger partial charge in [-0.25, -0.2) is 4.79 Å². The molecular formula is C24H23N3O3S. The van der Waals surface area contributed by atoms with E-state index in [-0.39, 0.29) is 17.4 Å². The number of amides is 1. The highest BCUT2D eigenvalue weighted by Crippen LogP contribution is 2.27. The molecule has 31 heavy (non-hydrogen) atoms. The average molecular weight is 434 g/mol. The van der Waals surface area contributed by atoms with Crippen LogP contribution in [-0.4, -0.2) is 23.5 Å². The van der Waals surface area contributed by atoms with Crippen molar-refractivity contribution in [2.45, 2.75) is 13.5 Å². The number of pyridine rings is 1. The molecule has 0 unspecified atom stereocenters. The Morgan fingerprint density at radius 2 is 1.90 bits per heavy atom. The van der Waals surface area contributed by atoms with Crippen molar-refractivity contribution in [3.8, 4) is 11.1 Å². The lowest BCUT2D eigenvalue weighted by Gasteiger charge is -2.12. The zero-order valence-electron chi connectivity index (χ0n) is 17.0. The number of nitrogens with one attached hydrogen (secondary N) is 1. The molecule has 2 aromatic carbocycles. The van der Waals surface area contributed by atoms with Crippen LogP contribution in [0.4, 0.5) is 5.69 Å². The van der Waals surface area contributed by atoms with Crippen molar-refractivity contribution < 1.29 is 14.3 Å². The molecule has 0 atom stereocenters. The SMILES string of the molecule is CCOC(=O)C(S)=Cc1cccc(-c2cc(C(=O)Nc3ccncc3)ccc2CN)c1. The smallest absolute Gasteiger partial charge is 0.344 e. The lowest BCUT2D eigenvalue weighted by molar-refractivity contribution is -0.137. The maximum atomic E-state index is 12.7. The summed E-state index contributed by atoms with van der Waals surface area (Å²) in [5.41, 5.74) is 10.5. The first-order valence-electron chi connectivity index (χ1n) is 9.74. The average Bonchev–Trinajstić information content (AvgIpc) is 2.79. The molecule has 0 aliphatic carbocycles. The number of aromatic nitrogens is 1. The van der Waals surface area contributed by atoms with Crippen molar-refractivity contribution in [1.29, 1.82) is 0 Å². The first-order valence-corrected chi connectivity index (χ1v) is 10.2. The second-order valence-electron chi connectivity index (χ2n) is 6.64. The highest BCUT2D eigenvalue weighted by molar-refractivity contribution is 7.85. The van der Waals surface area contributed by atoms with Gasteiger partial charge in [0, 0.05) is 30.2 Å². The molecule has 1 heterocycles. The van der Waals surface area contributed by atoms with E-state index < -0.39 is 5.97 Å². The summed E-state index contributed by atoms with van der Waals surface area (Å²) in [7, 11) is 0. The largest absolute Gasteiger partial charge is 0.462 e. The fourth-order valence-corrected chi connectivity index (χ4v) is 3.23. The van der Waals surface area contributed by atoms with Crippen LogP contribution in [-0.2, 0) is 16.1 Å². The van der Waals surface area contributed by atoms with Crippen LogP contribution in [0, 0.1) is 0 Å². The third-order valence-corrected chi connectivity index (χ3v) is 4.83. The van der Waals surface area contributed by atoms with Gasteiger partial charge in [-0.05, 0) is 65.6 Å². The van der Waals surface area contributed by atoms with Crippen molar-refractivity contribution in [2.24, 2.45) is 5.73 Å². The Balaban J connectivity index is 1.93. The lowest BCUT2D eigenvalue weighted by Crippen LogP contribution is -2.12. The van der Waals surface area contributed by atoms with Gasteiger partial charge in [0.1, 0.15) is 0 Å². The molecule has 0 spiro atoms. The summed E-state index contributed by atoms with van der Waals surface area (Å²) in [6.45, 7) is 2.35. The highest BCUT2D eigenvalue weighted by atomic mass is 32.1. The molecular weight excluding hydrogens is 410 g/mol. The third-order valence-electron chi connectivity index (χ3n) is 4.52. The van der Waals surface area contributed by atoms with E-state index in [1.165, 1.54) is 0 Å². The number of hydrogen-bond acceptors (Lipinski definition) is 6. The molecule has 1 amide bonds. The van der Waals surface area contributed by atoms with Crippen molar-refractivity contribution in [1.82, 2.24) is 4.98 Å². The molecule has 6 nitrogen and oxygen atoms in total. The Kier molecular flexibility index (Phi) is 7.59. The summed E-state index contributed by atoms with van der Waals surface area (Å²) in [5, 5.41) is 2.86. The molecule has 0 bridgehead atoms. The number of nitrogens with zero attached hydrogens (tertiary/aromatic N) is 1. The maximum absolute atomic E-state index is 12.7. The zero-order chi connectivity index (χ0) is 22.2. The molecule has 7 heteroatoms. The van der Waals surface area contributed by atoms with Crippen LogP contribution >= 0.6 is 12.6 Å². The van der Waals surface area contributed by atoms with E-state index in [2.05, 4.69) is 22.9 Å². The number of ether oxygens (including phenoxy) is 1. The van der Waals surface area contributed by atoms with Crippen molar-refractivity contribution >= 4 is 36.3 Å². The fourth-order valence-electron chi connectivity index (χ4n) is 3.02. The van der Waals surface area contributed by atoms with Crippen LogP contribution in [0.25, 0.3) is 17.2 Å². The number of rotatable bonds is 7. The summed E-state index contributed by atoms with van der Waals surface area (Å²) in [6.07, 6.45) is 4.87. The predicted octanol–water partition coefficient (Wildman–Crippen LogP) is 4.29. The van der Waals surface area contributed by atoms with Crippen LogP contribution in [0.5, 0.6) is 0 Å². The minimum atomic E-state index is -0.478. The molecule has 0 fully saturated rings. The van der Waals surface area contributed by atoms with Gasteiger partial charge in [-0.2, -0.15) is 0 Å². The zero-order valence-corrected chi connectivity index (χ0v) is 17.9. The van der Waals surface area contributed by atoms with Gasteiger partial charge in [0.25, 0.3) is 5.91 Å². The standard InChI is InChI=1S/C24H23N3O3S/c1-2-30-24(29)22(31)13-16-4-3-5-17(12-16)21-14-18(6-7-19(21)15-25)23(28)27-20-8-10-26-11-9-20/h3-14,31H,2,15,25H2,1H3,(H,26,27,28). The van der Waals surface area contributed by atoms with Crippen LogP contribution in [0.15, 0.2) is 71.9 Å². The number of carbonyl (C=O) groups is 2. The Bertz CT molecular complexity index is 1110. The molecule has 3 aromatic rings. The number of esters is 1. The Morgan fingerprint density at radius 3 is 2.61 bits per heavy atom. The van der Waals surface area contributed by atoms with Gasteiger partial charge >= 0.3 is 5.97 Å². The molecule has 0 saturated heterocycles. The summed E-state index contributed by atoms with van der Waals surface area (Å²) >= 11 is 4.23. The number of nitrogens with two attached hydrogens (primary N) is 1. The van der Waals surface area contributed by atoms with Gasteiger partial charge in [-0.1, -0.05) is 24.3 Å². The summed E-state index contributed by atoms with van der Waals surface area (Å²) in [5.74, 6) is -0.708. The van der Waals surface area contributed by atoms with E-state index in [9.17, 15) is 9.59 Å². The molecule has 0 radical (unpaired) electrons. The first-order chi connectivity index (χ1) is 15.0. The second kappa shape index (κ2) is 10.6. The molecule has 0 saturated carbocycles. The molecule has 3 rings (SSSR count). The lowest BCUT2D eigenvalue weighted by atomic mass is 9.95. The van der Waals surface area contributed by atoms with Crippen LogP contribution in [0.3, 0.4) is 0 Å². The Labute approximate surface area is 186 Å². The van der Waals surface area contributed by atoms with Gasteiger partial charge in [0.15, 0.2) is 0 Å². The number of carbonyl (C=O) groups excluding carboxylic acids is 2. The summed E-state index contributed by atoms with van der Waals surface area (Å²) < 4.78 is 4.97. The van der Waals surface area contributed by atoms with E-state index in [4.69, 9.17) is 10.5 Å². The predicted molar refractivity (Wildman–Crippen MR) is 126 cm³/mol. The quantitative estimate of drug-likeness (QED) is 0.294. The van der Waals surface area contributed by atoms with E-state index in [1.54, 1.807) is 43.6 Å². The van der Waals surface area contributed by atoms with Crippen LogP contribution < -0.4 is 11.1 Å². The summed E-state index contributed by atoms with van der Waals surface area (Å²) in [6, 6.07) is 16.4. The fraction of sp³-hybridized carbons (Fsp3) is 0.125. The monoisotopic (exact) mass is 433 g/mol. The van der Waals surface area contributed by atoms with Gasteiger partial charge in [0.05, 0.1) is 11.5 Å². The van der Waals surface area contributed by atoms with Crippen molar-refractivity contribution in [2.75, 3.05) is 11.9 Å². The third kappa shape index (κ3) is 5.81. The maximum Gasteiger partial charge on any atom is 0.344 e. The minimum Gasteiger partial charge on any atom is -0.462 e. The molecule has 0 aliphatic rings. The minimum absolute atomic E-state index is 0.212. The van der Waals surface area contributed by atoms with Crippen LogP contribution in [0.1, 0.15) is 28.4 Å². The van der Waals surface area contributed by atoms with Gasteiger partial charge in [0.2, 0.25) is 0 Å². The van der Waals surface area contributed by atoms with E-state index in [0.29, 0.717) is 17.8 Å². The normalized spacial score (nSPS) is 11.1. The van der Waals surface area contributed by atoms with Crippen molar-refractivity contribution in [3.05, 3.63) is 88.6 Å². The Morgan fingerprint density at radius 1 is 1.13 bits per heavy atom. The molecule has 3 N–H and O–H groups in total. The van der Waals surface area contributed by atoms with Gasteiger partial charge in [-0.15, -0.1) is 12.6 Å². The number of hydrogen-bond donors (Lipinski definition) is 3. The van der Waals surface area contributed by atoms with E-state index >= 15 is 0 Å².